The van der Waals surface area contributed by atoms with Crippen LogP contribution in [0.15, 0.2) is 35.4 Å². The number of aliphatic hydroxyl groups is 1. The highest BCUT2D eigenvalue weighted by molar-refractivity contribution is 7.18. The summed E-state index contributed by atoms with van der Waals surface area (Å²) in [5.74, 6) is 0.615. The van der Waals surface area contributed by atoms with Gasteiger partial charge in [-0.05, 0) is 43.7 Å². The summed E-state index contributed by atoms with van der Waals surface area (Å²) >= 11 is 7.32. The van der Waals surface area contributed by atoms with Crippen molar-refractivity contribution in [1.82, 2.24) is 9.55 Å². The highest BCUT2D eigenvalue weighted by atomic mass is 35.5. The Bertz CT molecular complexity index is 918. The molecule has 0 fully saturated rings. The largest absolute Gasteiger partial charge is 0.491 e. The summed E-state index contributed by atoms with van der Waals surface area (Å²) in [4.78, 5) is 18.7. The summed E-state index contributed by atoms with van der Waals surface area (Å²) in [7, 11) is 0. The van der Waals surface area contributed by atoms with Crippen molar-refractivity contribution in [2.45, 2.75) is 26.5 Å². The van der Waals surface area contributed by atoms with Crippen LogP contribution in [0.5, 0.6) is 5.75 Å². The summed E-state index contributed by atoms with van der Waals surface area (Å²) in [6.45, 7) is 4.10. The van der Waals surface area contributed by atoms with Gasteiger partial charge in [0.2, 0.25) is 0 Å². The highest BCUT2D eigenvalue weighted by Gasteiger charge is 2.14. The monoisotopic (exact) mass is 364 g/mol. The van der Waals surface area contributed by atoms with Gasteiger partial charge in [-0.3, -0.25) is 9.36 Å². The maximum atomic E-state index is 12.6. The molecule has 3 rings (SSSR count). The lowest BCUT2D eigenvalue weighted by Gasteiger charge is -2.14. The zero-order valence-corrected chi connectivity index (χ0v) is 14.9. The number of aliphatic hydroxyl groups excluding tert-OH is 1. The van der Waals surface area contributed by atoms with Gasteiger partial charge in [0.05, 0.1) is 18.3 Å². The fraction of sp³-hybridized carbons (Fsp3) is 0.294. The second-order valence-corrected chi connectivity index (χ2v) is 7.22. The van der Waals surface area contributed by atoms with Crippen molar-refractivity contribution in [1.29, 1.82) is 0 Å². The van der Waals surface area contributed by atoms with Crippen LogP contribution in [0.2, 0.25) is 5.02 Å². The standard InChI is InChI=1S/C17H17ClN2O3S/c1-10-11(2)24-16-15(10)17(22)20(9-19-16)7-13(21)8-23-14-5-3-12(18)4-6-14/h3-6,9,13,21H,7-8H2,1-2H3/t13-/m1/s1. The first-order chi connectivity index (χ1) is 11.5. The van der Waals surface area contributed by atoms with E-state index in [2.05, 4.69) is 4.98 Å². The van der Waals surface area contributed by atoms with Crippen LogP contribution in [0, 0.1) is 13.8 Å². The van der Waals surface area contributed by atoms with Gasteiger partial charge in [0.1, 0.15) is 23.3 Å². The molecule has 3 aromatic rings. The third-order valence-corrected chi connectivity index (χ3v) is 5.19. The Morgan fingerprint density at radius 1 is 1.33 bits per heavy atom. The second kappa shape index (κ2) is 6.93. The Labute approximate surface area is 148 Å². The molecule has 0 unspecified atom stereocenters. The van der Waals surface area contributed by atoms with Crippen LogP contribution in [0.4, 0.5) is 0 Å². The van der Waals surface area contributed by atoms with Crippen molar-refractivity contribution in [3.63, 3.8) is 0 Å². The molecule has 5 nitrogen and oxygen atoms in total. The minimum absolute atomic E-state index is 0.0771. The number of nitrogens with zero attached hydrogens (tertiary/aromatic N) is 2. The predicted molar refractivity (Wildman–Crippen MR) is 96.3 cm³/mol. The van der Waals surface area contributed by atoms with E-state index in [-0.39, 0.29) is 18.7 Å². The topological polar surface area (TPSA) is 64.3 Å². The van der Waals surface area contributed by atoms with Crippen LogP contribution in [-0.4, -0.2) is 27.4 Å². The van der Waals surface area contributed by atoms with Crippen LogP contribution in [0.3, 0.4) is 0 Å². The predicted octanol–water partition coefficient (Wildman–Crippen LogP) is 3.17. The van der Waals surface area contributed by atoms with Gasteiger partial charge < -0.3 is 9.84 Å². The summed E-state index contributed by atoms with van der Waals surface area (Å²) < 4.78 is 6.94. The second-order valence-electron chi connectivity index (χ2n) is 5.58. The van der Waals surface area contributed by atoms with Crippen molar-refractivity contribution in [2.24, 2.45) is 0 Å². The third kappa shape index (κ3) is 3.45. The van der Waals surface area contributed by atoms with Gasteiger partial charge in [-0.1, -0.05) is 11.6 Å². The zero-order chi connectivity index (χ0) is 17.3. The molecular formula is C17H17ClN2O3S. The van der Waals surface area contributed by atoms with Gasteiger partial charge in [-0.15, -0.1) is 11.3 Å². The van der Waals surface area contributed by atoms with Gasteiger partial charge in [0.25, 0.3) is 5.56 Å². The van der Waals surface area contributed by atoms with Crippen molar-refractivity contribution in [3.05, 3.63) is 56.4 Å². The lowest BCUT2D eigenvalue weighted by Crippen LogP contribution is -2.30. The molecule has 0 saturated heterocycles. The van der Waals surface area contributed by atoms with Crippen LogP contribution in [0.1, 0.15) is 10.4 Å². The van der Waals surface area contributed by atoms with E-state index < -0.39 is 6.10 Å². The molecule has 7 heteroatoms. The molecule has 0 aliphatic heterocycles. The first-order valence-corrected chi connectivity index (χ1v) is 8.66. The fourth-order valence-electron chi connectivity index (χ4n) is 2.40. The Kier molecular flexibility index (Phi) is 4.89. The Morgan fingerprint density at radius 3 is 2.75 bits per heavy atom. The van der Waals surface area contributed by atoms with Gasteiger partial charge in [-0.25, -0.2) is 4.98 Å². The fourth-order valence-corrected chi connectivity index (χ4v) is 3.52. The van der Waals surface area contributed by atoms with E-state index in [9.17, 15) is 9.90 Å². The molecule has 2 heterocycles. The van der Waals surface area contributed by atoms with Gasteiger partial charge >= 0.3 is 0 Å². The first-order valence-electron chi connectivity index (χ1n) is 7.47. The average molecular weight is 365 g/mol. The molecule has 0 amide bonds. The summed E-state index contributed by atoms with van der Waals surface area (Å²) in [6.07, 6.45) is 0.656. The highest BCUT2D eigenvalue weighted by Crippen LogP contribution is 2.25. The molecule has 126 valence electrons. The quantitative estimate of drug-likeness (QED) is 0.755. The minimum atomic E-state index is -0.822. The molecule has 0 spiro atoms. The van der Waals surface area contributed by atoms with Crippen molar-refractivity contribution < 1.29 is 9.84 Å². The zero-order valence-electron chi connectivity index (χ0n) is 13.3. The Balaban J connectivity index is 1.72. The molecule has 0 aliphatic rings. The lowest BCUT2D eigenvalue weighted by atomic mass is 10.2. The summed E-state index contributed by atoms with van der Waals surface area (Å²) in [6, 6.07) is 6.89. The van der Waals surface area contributed by atoms with E-state index in [4.69, 9.17) is 16.3 Å². The molecule has 2 aromatic heterocycles. The number of rotatable bonds is 5. The number of hydrogen-bond acceptors (Lipinski definition) is 5. The lowest BCUT2D eigenvalue weighted by molar-refractivity contribution is 0.0915. The maximum absolute atomic E-state index is 12.6. The van der Waals surface area contributed by atoms with Gasteiger partial charge in [0.15, 0.2) is 0 Å². The average Bonchev–Trinajstić information content (AvgIpc) is 2.85. The number of aromatic nitrogens is 2. The number of ether oxygens (including phenoxy) is 1. The SMILES string of the molecule is Cc1sc2ncn(C[C@@H](O)COc3ccc(Cl)cc3)c(=O)c2c1C. The van der Waals surface area contributed by atoms with Crippen molar-refractivity contribution in [3.8, 4) is 5.75 Å². The number of halogens is 1. The minimum Gasteiger partial charge on any atom is -0.491 e. The van der Waals surface area contributed by atoms with E-state index in [1.54, 1.807) is 24.3 Å². The number of fused-ring (bicyclic) bond motifs is 1. The van der Waals surface area contributed by atoms with E-state index in [0.29, 0.717) is 16.2 Å². The van der Waals surface area contributed by atoms with E-state index in [1.165, 1.54) is 22.2 Å². The number of hydrogen-bond donors (Lipinski definition) is 1. The van der Waals surface area contributed by atoms with Crippen molar-refractivity contribution in [2.75, 3.05) is 6.61 Å². The third-order valence-electron chi connectivity index (χ3n) is 3.82. The van der Waals surface area contributed by atoms with Crippen LogP contribution < -0.4 is 10.3 Å². The van der Waals surface area contributed by atoms with E-state index >= 15 is 0 Å². The van der Waals surface area contributed by atoms with Crippen LogP contribution in [0.25, 0.3) is 10.2 Å². The molecular weight excluding hydrogens is 348 g/mol. The molecule has 1 N–H and O–H groups in total. The maximum Gasteiger partial charge on any atom is 0.262 e. The number of benzene rings is 1. The normalized spacial score (nSPS) is 12.5. The Morgan fingerprint density at radius 2 is 2.04 bits per heavy atom. The van der Waals surface area contributed by atoms with Crippen LogP contribution >= 0.6 is 22.9 Å². The van der Waals surface area contributed by atoms with Crippen molar-refractivity contribution >= 4 is 33.2 Å². The molecule has 0 radical (unpaired) electrons. The Hall–Kier alpha value is -1.89. The molecule has 1 atom stereocenters. The molecule has 0 aliphatic carbocycles. The van der Waals surface area contributed by atoms with E-state index in [1.807, 2.05) is 13.8 Å². The molecule has 24 heavy (non-hydrogen) atoms. The summed E-state index contributed by atoms with van der Waals surface area (Å²) in [5.41, 5.74) is 0.821. The first kappa shape index (κ1) is 17.0. The number of aryl methyl sites for hydroxylation is 2. The van der Waals surface area contributed by atoms with Gasteiger partial charge in [0, 0.05) is 9.90 Å². The van der Waals surface area contributed by atoms with Crippen LogP contribution in [-0.2, 0) is 6.54 Å². The van der Waals surface area contributed by atoms with Gasteiger partial charge in [-0.2, -0.15) is 0 Å². The molecule has 0 bridgehead atoms. The summed E-state index contributed by atoms with van der Waals surface area (Å²) in [5, 5.41) is 11.4. The van der Waals surface area contributed by atoms with E-state index in [0.717, 1.165) is 15.3 Å². The molecule has 0 saturated carbocycles. The number of thiophene rings is 1. The smallest absolute Gasteiger partial charge is 0.262 e. The molecule has 1 aromatic carbocycles.